The Labute approximate surface area is 173 Å². The third kappa shape index (κ3) is 5.54. The monoisotopic (exact) mass is 407 g/mol. The summed E-state index contributed by atoms with van der Waals surface area (Å²) in [6, 6.07) is 18.2. The molecule has 0 aliphatic heterocycles. The molecule has 1 aromatic heterocycles. The molecule has 0 bridgehead atoms. The van der Waals surface area contributed by atoms with Crippen molar-refractivity contribution in [2.45, 2.75) is 13.5 Å². The van der Waals surface area contributed by atoms with Crippen LogP contribution < -0.4 is 15.6 Å². The first-order valence-corrected chi connectivity index (χ1v) is 9.41. The summed E-state index contributed by atoms with van der Waals surface area (Å²) in [5.41, 5.74) is 0.464. The molecule has 1 heterocycles. The van der Waals surface area contributed by atoms with Crippen LogP contribution in [-0.4, -0.2) is 34.9 Å². The van der Waals surface area contributed by atoms with Gasteiger partial charge in [-0.25, -0.2) is 9.48 Å². The van der Waals surface area contributed by atoms with Gasteiger partial charge in [-0.05, 0) is 43.3 Å². The quantitative estimate of drug-likeness (QED) is 0.577. The second kappa shape index (κ2) is 10.0. The highest BCUT2D eigenvalue weighted by atomic mass is 16.5. The maximum Gasteiger partial charge on any atom is 0.338 e. The van der Waals surface area contributed by atoms with Crippen LogP contribution in [0.4, 0.5) is 5.69 Å². The molecule has 154 valence electrons. The summed E-state index contributed by atoms with van der Waals surface area (Å²) in [4.78, 5) is 36.4. The minimum Gasteiger partial charge on any atom is -0.492 e. The highest BCUT2D eigenvalue weighted by molar-refractivity contribution is 6.03. The fourth-order valence-corrected chi connectivity index (χ4v) is 2.63. The van der Waals surface area contributed by atoms with E-state index in [4.69, 9.17) is 9.47 Å². The van der Waals surface area contributed by atoms with Gasteiger partial charge in [0.05, 0.1) is 18.7 Å². The van der Waals surface area contributed by atoms with E-state index in [2.05, 4.69) is 10.4 Å². The maximum absolute atomic E-state index is 12.5. The Morgan fingerprint density at radius 1 is 1.03 bits per heavy atom. The van der Waals surface area contributed by atoms with Crippen molar-refractivity contribution in [2.75, 3.05) is 18.5 Å². The Kier molecular flexibility index (Phi) is 6.94. The number of aromatic nitrogens is 2. The molecule has 0 saturated carbocycles. The largest absolute Gasteiger partial charge is 0.492 e. The molecule has 2 aromatic carbocycles. The number of nitrogens with zero attached hydrogens (tertiary/aromatic N) is 2. The van der Waals surface area contributed by atoms with Gasteiger partial charge in [0.2, 0.25) is 0 Å². The van der Waals surface area contributed by atoms with Crippen LogP contribution in [0.2, 0.25) is 0 Å². The lowest BCUT2D eigenvalue weighted by Crippen LogP contribution is -2.28. The predicted octanol–water partition coefficient (Wildman–Crippen LogP) is 2.75. The summed E-state index contributed by atoms with van der Waals surface area (Å²) in [5, 5.41) is 6.78. The highest BCUT2D eigenvalue weighted by Gasteiger charge is 2.12. The van der Waals surface area contributed by atoms with Crippen LogP contribution in [0, 0.1) is 0 Å². The number of nitrogens with one attached hydrogen (secondary N) is 1. The fourth-order valence-electron chi connectivity index (χ4n) is 2.63. The summed E-state index contributed by atoms with van der Waals surface area (Å²) in [6.07, 6.45) is 0. The van der Waals surface area contributed by atoms with E-state index in [9.17, 15) is 14.4 Å². The minimum atomic E-state index is -0.506. The Hall–Kier alpha value is -3.94. The topological polar surface area (TPSA) is 99.5 Å². The van der Waals surface area contributed by atoms with E-state index in [1.807, 2.05) is 30.3 Å². The number of para-hydroxylation sites is 1. The van der Waals surface area contributed by atoms with Gasteiger partial charge in [0.1, 0.15) is 18.1 Å². The molecule has 0 unspecified atom stereocenters. The average molecular weight is 407 g/mol. The molecule has 0 saturated heterocycles. The maximum atomic E-state index is 12.5. The normalized spacial score (nSPS) is 10.3. The van der Waals surface area contributed by atoms with E-state index in [-0.39, 0.29) is 31.0 Å². The first-order chi connectivity index (χ1) is 14.6. The number of amides is 1. The van der Waals surface area contributed by atoms with Crippen LogP contribution >= 0.6 is 0 Å². The van der Waals surface area contributed by atoms with Crippen LogP contribution in [0.25, 0.3) is 0 Å². The number of carbonyl (C=O) groups excluding carboxylic acids is 2. The molecule has 1 amide bonds. The van der Waals surface area contributed by atoms with Gasteiger partial charge in [0.15, 0.2) is 0 Å². The standard InChI is InChI=1S/C22H21N3O5/c1-2-29-22(28)16-7-6-8-17(15-16)23-21(27)19-11-12-20(26)25(24-19)13-14-30-18-9-4-3-5-10-18/h3-12,15H,2,13-14H2,1H3,(H,23,27). The van der Waals surface area contributed by atoms with E-state index < -0.39 is 11.9 Å². The summed E-state index contributed by atoms with van der Waals surface area (Å²) in [7, 11) is 0. The first kappa shape index (κ1) is 20.8. The molecule has 0 aliphatic rings. The number of hydrogen-bond donors (Lipinski definition) is 1. The molecule has 0 radical (unpaired) electrons. The van der Waals surface area contributed by atoms with Crippen molar-refractivity contribution in [3.63, 3.8) is 0 Å². The molecule has 8 heteroatoms. The summed E-state index contributed by atoms with van der Waals surface area (Å²) in [6.45, 7) is 2.39. The number of esters is 1. The minimum absolute atomic E-state index is 0.0656. The van der Waals surface area contributed by atoms with Crippen molar-refractivity contribution in [3.05, 3.63) is 88.3 Å². The van der Waals surface area contributed by atoms with Gasteiger partial charge in [-0.2, -0.15) is 5.10 Å². The zero-order valence-corrected chi connectivity index (χ0v) is 16.4. The number of benzene rings is 2. The zero-order chi connectivity index (χ0) is 21.3. The van der Waals surface area contributed by atoms with Crippen molar-refractivity contribution in [2.24, 2.45) is 0 Å². The lowest BCUT2D eigenvalue weighted by Gasteiger charge is -2.10. The Morgan fingerprint density at radius 3 is 2.60 bits per heavy atom. The third-order valence-corrected chi connectivity index (χ3v) is 4.05. The predicted molar refractivity (Wildman–Crippen MR) is 111 cm³/mol. The lowest BCUT2D eigenvalue weighted by molar-refractivity contribution is 0.0526. The van der Waals surface area contributed by atoms with Crippen LogP contribution in [0.3, 0.4) is 0 Å². The summed E-state index contributed by atoms with van der Waals surface area (Å²) < 4.78 is 11.7. The molecule has 0 aliphatic carbocycles. The Bertz CT molecular complexity index is 1080. The number of rotatable bonds is 8. The van der Waals surface area contributed by atoms with Crippen molar-refractivity contribution in [3.8, 4) is 5.75 Å². The lowest BCUT2D eigenvalue weighted by atomic mass is 10.2. The molecule has 0 spiro atoms. The second-order valence-electron chi connectivity index (χ2n) is 6.20. The third-order valence-electron chi connectivity index (χ3n) is 4.05. The molecule has 1 N–H and O–H groups in total. The van der Waals surface area contributed by atoms with E-state index in [1.165, 1.54) is 22.9 Å². The fraction of sp³-hybridized carbons (Fsp3) is 0.182. The van der Waals surface area contributed by atoms with Gasteiger partial charge in [0, 0.05) is 11.8 Å². The average Bonchev–Trinajstić information content (AvgIpc) is 2.76. The molecular weight excluding hydrogens is 386 g/mol. The molecule has 0 fully saturated rings. The van der Waals surface area contributed by atoms with Crippen molar-refractivity contribution >= 4 is 17.6 Å². The van der Waals surface area contributed by atoms with Crippen LogP contribution in [0.1, 0.15) is 27.8 Å². The molecule has 3 rings (SSSR count). The molecule has 0 atom stereocenters. The van der Waals surface area contributed by atoms with E-state index >= 15 is 0 Å². The van der Waals surface area contributed by atoms with E-state index in [1.54, 1.807) is 25.1 Å². The van der Waals surface area contributed by atoms with Gasteiger partial charge in [0.25, 0.3) is 11.5 Å². The van der Waals surface area contributed by atoms with Gasteiger partial charge in [-0.3, -0.25) is 9.59 Å². The van der Waals surface area contributed by atoms with Gasteiger partial charge in [-0.15, -0.1) is 0 Å². The number of hydrogen-bond acceptors (Lipinski definition) is 6. The van der Waals surface area contributed by atoms with Crippen molar-refractivity contribution in [1.82, 2.24) is 9.78 Å². The Morgan fingerprint density at radius 2 is 1.83 bits per heavy atom. The molecular formula is C22H21N3O5. The second-order valence-corrected chi connectivity index (χ2v) is 6.20. The van der Waals surface area contributed by atoms with Crippen molar-refractivity contribution < 1.29 is 19.1 Å². The smallest absolute Gasteiger partial charge is 0.338 e. The number of ether oxygens (including phenoxy) is 2. The molecule has 30 heavy (non-hydrogen) atoms. The highest BCUT2D eigenvalue weighted by Crippen LogP contribution is 2.13. The van der Waals surface area contributed by atoms with E-state index in [0.29, 0.717) is 17.0 Å². The Balaban J connectivity index is 1.66. The number of anilines is 1. The summed E-state index contributed by atoms with van der Waals surface area (Å²) in [5.74, 6) is -0.298. The molecule has 3 aromatic rings. The van der Waals surface area contributed by atoms with Crippen molar-refractivity contribution in [1.29, 1.82) is 0 Å². The van der Waals surface area contributed by atoms with Crippen LogP contribution in [0.15, 0.2) is 71.5 Å². The van der Waals surface area contributed by atoms with Gasteiger partial charge < -0.3 is 14.8 Å². The van der Waals surface area contributed by atoms with E-state index in [0.717, 1.165) is 0 Å². The zero-order valence-electron chi connectivity index (χ0n) is 16.4. The first-order valence-electron chi connectivity index (χ1n) is 9.41. The summed E-state index contributed by atoms with van der Waals surface area (Å²) >= 11 is 0. The SMILES string of the molecule is CCOC(=O)c1cccc(NC(=O)c2ccc(=O)n(CCOc3ccccc3)n2)c1. The van der Waals surface area contributed by atoms with Gasteiger partial charge >= 0.3 is 5.97 Å². The van der Waals surface area contributed by atoms with Crippen LogP contribution in [0.5, 0.6) is 5.75 Å². The molecule has 8 nitrogen and oxygen atoms in total. The number of carbonyl (C=O) groups is 2. The van der Waals surface area contributed by atoms with Crippen LogP contribution in [-0.2, 0) is 11.3 Å². The van der Waals surface area contributed by atoms with Gasteiger partial charge in [-0.1, -0.05) is 24.3 Å².